The van der Waals surface area contributed by atoms with Crippen LogP contribution in [-0.4, -0.2) is 16.1 Å². The molecule has 1 aromatic heterocycles. The molecule has 0 spiro atoms. The summed E-state index contributed by atoms with van der Waals surface area (Å²) < 4.78 is 0. The van der Waals surface area contributed by atoms with E-state index in [0.717, 1.165) is 11.4 Å². The number of carboxylic acids is 1. The van der Waals surface area contributed by atoms with Crippen LogP contribution in [0.25, 0.3) is 0 Å². The molecule has 0 bridgehead atoms. The predicted octanol–water partition coefficient (Wildman–Crippen LogP) is 2.95. The summed E-state index contributed by atoms with van der Waals surface area (Å²) in [6, 6.07) is 10.3. The lowest BCUT2D eigenvalue weighted by Crippen LogP contribution is -1.97. The summed E-state index contributed by atoms with van der Waals surface area (Å²) in [4.78, 5) is 14.7. The highest BCUT2D eigenvalue weighted by molar-refractivity contribution is 5.89. The van der Waals surface area contributed by atoms with Gasteiger partial charge in [-0.15, -0.1) is 12.4 Å². The Hall–Kier alpha value is -2.07. The number of hydrogen-bond acceptors (Lipinski definition) is 3. The van der Waals surface area contributed by atoms with E-state index in [0.29, 0.717) is 0 Å². The summed E-state index contributed by atoms with van der Waals surface area (Å²) in [6.45, 7) is 0. The van der Waals surface area contributed by atoms with Gasteiger partial charge in [0, 0.05) is 23.8 Å². The highest BCUT2D eigenvalue weighted by Gasteiger charge is 2.02. The highest BCUT2D eigenvalue weighted by atomic mass is 35.5. The Kier molecular flexibility index (Phi) is 4.48. The van der Waals surface area contributed by atoms with Gasteiger partial charge in [0.2, 0.25) is 0 Å². The number of halogens is 1. The normalized spacial score (nSPS) is 9.18. The van der Waals surface area contributed by atoms with E-state index in [-0.39, 0.29) is 18.0 Å². The standard InChI is InChI=1S/C12H10N2O2.ClH/c15-12(16)9-2-1-3-11(8-9)14-10-4-6-13-7-5-10;/h1-8H,(H,13,14)(H,15,16);1H. The Bertz CT molecular complexity index is 503. The Morgan fingerprint density at radius 1 is 1.12 bits per heavy atom. The van der Waals surface area contributed by atoms with E-state index >= 15 is 0 Å². The number of rotatable bonds is 3. The zero-order valence-corrected chi connectivity index (χ0v) is 9.65. The Labute approximate surface area is 105 Å². The van der Waals surface area contributed by atoms with Crippen LogP contribution in [0.1, 0.15) is 10.4 Å². The molecule has 0 atom stereocenters. The summed E-state index contributed by atoms with van der Waals surface area (Å²) >= 11 is 0. The maximum absolute atomic E-state index is 10.8. The van der Waals surface area contributed by atoms with Crippen molar-refractivity contribution in [3.8, 4) is 0 Å². The monoisotopic (exact) mass is 250 g/mol. The van der Waals surface area contributed by atoms with Crippen molar-refractivity contribution >= 4 is 29.8 Å². The van der Waals surface area contributed by atoms with Gasteiger partial charge in [0.1, 0.15) is 0 Å². The average Bonchev–Trinajstić information content (AvgIpc) is 2.30. The fraction of sp³-hybridized carbons (Fsp3) is 0. The Morgan fingerprint density at radius 2 is 1.82 bits per heavy atom. The van der Waals surface area contributed by atoms with Gasteiger partial charge in [-0.2, -0.15) is 0 Å². The van der Waals surface area contributed by atoms with Crippen molar-refractivity contribution in [3.05, 3.63) is 54.4 Å². The van der Waals surface area contributed by atoms with Gasteiger partial charge in [-0.05, 0) is 30.3 Å². The minimum Gasteiger partial charge on any atom is -0.478 e. The molecule has 17 heavy (non-hydrogen) atoms. The number of carbonyl (C=O) groups is 1. The van der Waals surface area contributed by atoms with E-state index in [1.54, 1.807) is 30.6 Å². The molecule has 0 saturated heterocycles. The average molecular weight is 251 g/mol. The molecule has 4 nitrogen and oxygen atoms in total. The van der Waals surface area contributed by atoms with Crippen molar-refractivity contribution in [2.45, 2.75) is 0 Å². The molecule has 2 aromatic rings. The van der Waals surface area contributed by atoms with Gasteiger partial charge < -0.3 is 10.4 Å². The highest BCUT2D eigenvalue weighted by Crippen LogP contribution is 2.16. The van der Waals surface area contributed by atoms with Gasteiger partial charge in [0.05, 0.1) is 5.56 Å². The lowest BCUT2D eigenvalue weighted by molar-refractivity contribution is 0.0697. The van der Waals surface area contributed by atoms with Crippen molar-refractivity contribution in [2.75, 3.05) is 5.32 Å². The molecule has 0 saturated carbocycles. The van der Waals surface area contributed by atoms with E-state index in [4.69, 9.17) is 5.11 Å². The third kappa shape index (κ3) is 3.46. The van der Waals surface area contributed by atoms with E-state index in [9.17, 15) is 4.79 Å². The van der Waals surface area contributed by atoms with Crippen molar-refractivity contribution in [2.24, 2.45) is 0 Å². The SMILES string of the molecule is Cl.O=C(O)c1cccc(Nc2ccncc2)c1. The fourth-order valence-electron chi connectivity index (χ4n) is 1.33. The van der Waals surface area contributed by atoms with Crippen LogP contribution in [0, 0.1) is 0 Å². The maximum atomic E-state index is 10.8. The van der Waals surface area contributed by atoms with Crippen LogP contribution in [0.3, 0.4) is 0 Å². The zero-order valence-electron chi connectivity index (χ0n) is 8.83. The van der Waals surface area contributed by atoms with Crippen LogP contribution in [-0.2, 0) is 0 Å². The van der Waals surface area contributed by atoms with Gasteiger partial charge >= 0.3 is 5.97 Å². The van der Waals surface area contributed by atoms with Crippen LogP contribution < -0.4 is 5.32 Å². The smallest absolute Gasteiger partial charge is 0.335 e. The molecule has 2 N–H and O–H groups in total. The zero-order chi connectivity index (χ0) is 11.4. The summed E-state index contributed by atoms with van der Waals surface area (Å²) in [7, 11) is 0. The van der Waals surface area contributed by atoms with Crippen LogP contribution >= 0.6 is 12.4 Å². The number of aromatic carboxylic acids is 1. The summed E-state index contributed by atoms with van der Waals surface area (Å²) in [5.74, 6) is -0.932. The minimum atomic E-state index is -0.932. The quantitative estimate of drug-likeness (QED) is 0.879. The summed E-state index contributed by atoms with van der Waals surface area (Å²) in [5.41, 5.74) is 1.88. The molecule has 0 aliphatic heterocycles. The number of benzene rings is 1. The second-order valence-electron chi connectivity index (χ2n) is 3.25. The van der Waals surface area contributed by atoms with Gasteiger partial charge in [-0.1, -0.05) is 6.07 Å². The second kappa shape index (κ2) is 5.86. The van der Waals surface area contributed by atoms with Gasteiger partial charge in [0.15, 0.2) is 0 Å². The number of aromatic nitrogens is 1. The van der Waals surface area contributed by atoms with Crippen LogP contribution in [0.5, 0.6) is 0 Å². The first-order chi connectivity index (χ1) is 7.75. The van der Waals surface area contributed by atoms with Crippen LogP contribution in [0.4, 0.5) is 11.4 Å². The number of nitrogens with zero attached hydrogens (tertiary/aromatic N) is 1. The number of pyridine rings is 1. The molecular formula is C12H11ClN2O2. The number of hydrogen-bond donors (Lipinski definition) is 2. The van der Waals surface area contributed by atoms with Crippen molar-refractivity contribution in [1.29, 1.82) is 0 Å². The largest absolute Gasteiger partial charge is 0.478 e. The molecule has 1 aromatic carbocycles. The predicted molar refractivity (Wildman–Crippen MR) is 68.2 cm³/mol. The lowest BCUT2D eigenvalue weighted by atomic mass is 10.2. The van der Waals surface area contributed by atoms with Crippen molar-refractivity contribution in [1.82, 2.24) is 4.98 Å². The number of anilines is 2. The van der Waals surface area contributed by atoms with Crippen molar-refractivity contribution in [3.63, 3.8) is 0 Å². The molecule has 0 radical (unpaired) electrons. The van der Waals surface area contributed by atoms with Crippen molar-refractivity contribution < 1.29 is 9.90 Å². The minimum absolute atomic E-state index is 0. The first kappa shape index (κ1) is 13.0. The Balaban J connectivity index is 0.00000144. The van der Waals surface area contributed by atoms with E-state index < -0.39 is 5.97 Å². The molecule has 0 unspecified atom stereocenters. The number of carboxylic acid groups (broad SMARTS) is 1. The molecule has 0 fully saturated rings. The van der Waals surface area contributed by atoms with Crippen LogP contribution in [0.2, 0.25) is 0 Å². The summed E-state index contributed by atoms with van der Waals surface area (Å²) in [5, 5.41) is 11.9. The molecule has 5 heteroatoms. The topological polar surface area (TPSA) is 62.2 Å². The first-order valence-electron chi connectivity index (χ1n) is 4.76. The van der Waals surface area contributed by atoms with Crippen LogP contribution in [0.15, 0.2) is 48.8 Å². The second-order valence-corrected chi connectivity index (χ2v) is 3.25. The molecule has 1 heterocycles. The maximum Gasteiger partial charge on any atom is 0.335 e. The third-order valence-electron chi connectivity index (χ3n) is 2.08. The molecule has 88 valence electrons. The molecule has 2 rings (SSSR count). The number of nitrogens with one attached hydrogen (secondary N) is 1. The molecule has 0 aliphatic carbocycles. The van der Waals surface area contributed by atoms with Gasteiger partial charge in [-0.25, -0.2) is 4.79 Å². The fourth-order valence-corrected chi connectivity index (χ4v) is 1.33. The van der Waals surface area contributed by atoms with E-state index in [1.165, 1.54) is 0 Å². The Morgan fingerprint density at radius 3 is 2.47 bits per heavy atom. The first-order valence-corrected chi connectivity index (χ1v) is 4.76. The summed E-state index contributed by atoms with van der Waals surface area (Å²) in [6.07, 6.45) is 3.34. The third-order valence-corrected chi connectivity index (χ3v) is 2.08. The molecule has 0 amide bonds. The molecular weight excluding hydrogens is 240 g/mol. The van der Waals surface area contributed by atoms with E-state index in [2.05, 4.69) is 10.3 Å². The lowest BCUT2D eigenvalue weighted by Gasteiger charge is -2.06. The van der Waals surface area contributed by atoms with Gasteiger partial charge in [-0.3, -0.25) is 4.98 Å². The van der Waals surface area contributed by atoms with E-state index in [1.807, 2.05) is 18.2 Å². The molecule has 0 aliphatic rings. The van der Waals surface area contributed by atoms with Gasteiger partial charge in [0.25, 0.3) is 0 Å².